The number of aromatic hydroxyl groups is 1. The van der Waals surface area contributed by atoms with Crippen LogP contribution in [-0.2, 0) is 22.5 Å². The van der Waals surface area contributed by atoms with E-state index in [2.05, 4.69) is 4.74 Å². The zero-order valence-corrected chi connectivity index (χ0v) is 14.0. The van der Waals surface area contributed by atoms with Gasteiger partial charge in [0.15, 0.2) is 5.75 Å². The molecule has 2 aromatic rings. The fraction of sp³-hybridized carbons (Fsp3) is 0.333. The summed E-state index contributed by atoms with van der Waals surface area (Å²) in [5, 5.41) is 10.3. The standard InChI is InChI=1S/C18H21NO5/c1-12(2)9-15-16(20)14(17(21)23-3)10-19(15)18(22)24-11-13-7-5-4-6-8-13/h4-8,10,12,20H,9,11H2,1-3H3. The summed E-state index contributed by atoms with van der Waals surface area (Å²) >= 11 is 0. The first-order valence-corrected chi connectivity index (χ1v) is 7.66. The van der Waals surface area contributed by atoms with Crippen molar-refractivity contribution in [2.24, 2.45) is 5.92 Å². The lowest BCUT2D eigenvalue weighted by atomic mass is 10.1. The van der Waals surface area contributed by atoms with Crippen LogP contribution in [0.4, 0.5) is 4.79 Å². The van der Waals surface area contributed by atoms with Gasteiger partial charge in [0.2, 0.25) is 0 Å². The van der Waals surface area contributed by atoms with Crippen LogP contribution >= 0.6 is 0 Å². The van der Waals surface area contributed by atoms with Gasteiger partial charge in [-0.3, -0.25) is 4.57 Å². The molecule has 6 heteroatoms. The van der Waals surface area contributed by atoms with Crippen molar-refractivity contribution in [2.45, 2.75) is 26.9 Å². The zero-order valence-electron chi connectivity index (χ0n) is 14.0. The predicted octanol–water partition coefficient (Wildman–Crippen LogP) is 3.36. The first-order chi connectivity index (χ1) is 11.4. The molecule has 1 aromatic heterocycles. The van der Waals surface area contributed by atoms with Gasteiger partial charge < -0.3 is 14.6 Å². The van der Waals surface area contributed by atoms with E-state index in [0.29, 0.717) is 12.1 Å². The van der Waals surface area contributed by atoms with Gasteiger partial charge in [0.05, 0.1) is 12.8 Å². The molecule has 1 aromatic carbocycles. The first kappa shape index (κ1) is 17.6. The van der Waals surface area contributed by atoms with Crippen molar-refractivity contribution in [3.8, 4) is 5.75 Å². The predicted molar refractivity (Wildman–Crippen MR) is 88.0 cm³/mol. The molecule has 1 N–H and O–H groups in total. The van der Waals surface area contributed by atoms with Gasteiger partial charge in [0.25, 0.3) is 0 Å². The molecule has 2 rings (SSSR count). The van der Waals surface area contributed by atoms with E-state index in [4.69, 9.17) is 4.74 Å². The number of esters is 1. The summed E-state index contributed by atoms with van der Waals surface area (Å²) in [4.78, 5) is 24.1. The van der Waals surface area contributed by atoms with E-state index in [0.717, 1.165) is 5.56 Å². The number of ether oxygens (including phenoxy) is 2. The summed E-state index contributed by atoms with van der Waals surface area (Å²) in [6, 6.07) is 9.26. The number of nitrogens with zero attached hydrogens (tertiary/aromatic N) is 1. The van der Waals surface area contributed by atoms with Crippen molar-refractivity contribution in [3.05, 3.63) is 53.3 Å². The molecule has 0 saturated carbocycles. The maximum absolute atomic E-state index is 12.4. The van der Waals surface area contributed by atoms with Crippen LogP contribution in [-0.4, -0.2) is 28.8 Å². The van der Waals surface area contributed by atoms with Gasteiger partial charge in [0, 0.05) is 6.20 Å². The van der Waals surface area contributed by atoms with Gasteiger partial charge in [-0.15, -0.1) is 0 Å². The number of benzene rings is 1. The number of hydrogen-bond acceptors (Lipinski definition) is 5. The Balaban J connectivity index is 2.26. The summed E-state index contributed by atoms with van der Waals surface area (Å²) in [5.41, 5.74) is 1.13. The molecule has 0 radical (unpaired) electrons. The van der Waals surface area contributed by atoms with Gasteiger partial charge in [-0.2, -0.15) is 0 Å². The fourth-order valence-corrected chi connectivity index (χ4v) is 2.33. The van der Waals surface area contributed by atoms with Crippen LogP contribution in [0.1, 0.15) is 35.5 Å². The maximum Gasteiger partial charge on any atom is 0.418 e. The third-order valence-corrected chi connectivity index (χ3v) is 3.49. The van der Waals surface area contributed by atoms with Crippen molar-refractivity contribution >= 4 is 12.1 Å². The lowest BCUT2D eigenvalue weighted by Crippen LogP contribution is -2.16. The lowest BCUT2D eigenvalue weighted by Gasteiger charge is -2.11. The van der Waals surface area contributed by atoms with Crippen LogP contribution in [0.2, 0.25) is 0 Å². The fourth-order valence-electron chi connectivity index (χ4n) is 2.33. The molecule has 24 heavy (non-hydrogen) atoms. The maximum atomic E-state index is 12.4. The van der Waals surface area contributed by atoms with Crippen LogP contribution < -0.4 is 0 Å². The number of methoxy groups -OCH3 is 1. The smallest absolute Gasteiger partial charge is 0.418 e. The van der Waals surface area contributed by atoms with E-state index in [1.807, 2.05) is 44.2 Å². The number of rotatable bonds is 5. The van der Waals surface area contributed by atoms with Gasteiger partial charge in [0.1, 0.15) is 12.2 Å². The topological polar surface area (TPSA) is 77.8 Å². The first-order valence-electron chi connectivity index (χ1n) is 7.66. The van der Waals surface area contributed by atoms with E-state index < -0.39 is 12.1 Å². The van der Waals surface area contributed by atoms with Gasteiger partial charge in [-0.25, -0.2) is 9.59 Å². The monoisotopic (exact) mass is 331 g/mol. The minimum atomic E-state index is -0.702. The molecule has 0 unspecified atom stereocenters. The summed E-state index contributed by atoms with van der Waals surface area (Å²) in [6.45, 7) is 4.00. The molecule has 1 heterocycles. The molecule has 0 atom stereocenters. The highest BCUT2D eigenvalue weighted by molar-refractivity contribution is 5.94. The molecule has 0 amide bonds. The molecule has 128 valence electrons. The molecule has 6 nitrogen and oxygen atoms in total. The number of hydrogen-bond donors (Lipinski definition) is 1. The van der Waals surface area contributed by atoms with Crippen molar-refractivity contribution in [2.75, 3.05) is 7.11 Å². The van der Waals surface area contributed by atoms with Crippen LogP contribution in [0.3, 0.4) is 0 Å². The summed E-state index contributed by atoms with van der Waals surface area (Å²) in [7, 11) is 1.22. The normalized spacial score (nSPS) is 10.7. The largest absolute Gasteiger partial charge is 0.505 e. The SMILES string of the molecule is COC(=O)c1cn(C(=O)OCc2ccccc2)c(CC(C)C)c1O. The number of aromatic nitrogens is 1. The van der Waals surface area contributed by atoms with E-state index >= 15 is 0 Å². The Hall–Kier alpha value is -2.76. The molecule has 0 saturated heterocycles. The second-order valence-corrected chi connectivity index (χ2v) is 5.84. The molecule has 0 bridgehead atoms. The average molecular weight is 331 g/mol. The Morgan fingerprint density at radius 3 is 2.46 bits per heavy atom. The molecular weight excluding hydrogens is 310 g/mol. The third kappa shape index (κ3) is 3.95. The van der Waals surface area contributed by atoms with E-state index in [1.165, 1.54) is 17.9 Å². The highest BCUT2D eigenvalue weighted by atomic mass is 16.5. The Morgan fingerprint density at radius 1 is 1.21 bits per heavy atom. The van der Waals surface area contributed by atoms with E-state index in [9.17, 15) is 14.7 Å². The molecule has 0 spiro atoms. The Kier molecular flexibility index (Phi) is 5.63. The van der Waals surface area contributed by atoms with Gasteiger partial charge in [-0.1, -0.05) is 44.2 Å². The highest BCUT2D eigenvalue weighted by Gasteiger charge is 2.25. The molecule has 0 fully saturated rings. The molecule has 0 aliphatic carbocycles. The summed E-state index contributed by atoms with van der Waals surface area (Å²) in [5.74, 6) is -0.767. The second kappa shape index (κ2) is 7.68. The molecule has 0 aliphatic heterocycles. The Bertz CT molecular complexity index is 719. The average Bonchev–Trinajstić information content (AvgIpc) is 2.89. The number of carbonyl (C=O) groups is 2. The van der Waals surface area contributed by atoms with Crippen LogP contribution in [0, 0.1) is 5.92 Å². The highest BCUT2D eigenvalue weighted by Crippen LogP contribution is 2.28. The van der Waals surface area contributed by atoms with Crippen molar-refractivity contribution < 1.29 is 24.2 Å². The minimum absolute atomic E-state index is 0.0511. The van der Waals surface area contributed by atoms with Crippen LogP contribution in [0.5, 0.6) is 5.75 Å². The van der Waals surface area contributed by atoms with Crippen molar-refractivity contribution in [3.63, 3.8) is 0 Å². The quantitative estimate of drug-likeness (QED) is 0.850. The summed E-state index contributed by atoms with van der Waals surface area (Å²) in [6.07, 6.45) is 1.02. The van der Waals surface area contributed by atoms with Gasteiger partial charge in [-0.05, 0) is 17.9 Å². The van der Waals surface area contributed by atoms with Crippen molar-refractivity contribution in [1.29, 1.82) is 0 Å². The Morgan fingerprint density at radius 2 is 1.88 bits per heavy atom. The third-order valence-electron chi connectivity index (χ3n) is 3.49. The van der Waals surface area contributed by atoms with Crippen LogP contribution in [0.25, 0.3) is 0 Å². The van der Waals surface area contributed by atoms with Crippen molar-refractivity contribution in [1.82, 2.24) is 4.57 Å². The Labute approximate surface area is 140 Å². The molecular formula is C18H21NO5. The second-order valence-electron chi connectivity index (χ2n) is 5.84. The minimum Gasteiger partial charge on any atom is -0.505 e. The molecule has 0 aliphatic rings. The van der Waals surface area contributed by atoms with Gasteiger partial charge >= 0.3 is 12.1 Å². The van der Waals surface area contributed by atoms with Crippen LogP contribution in [0.15, 0.2) is 36.5 Å². The lowest BCUT2D eigenvalue weighted by molar-refractivity contribution is 0.0597. The van der Waals surface area contributed by atoms with E-state index in [-0.39, 0.29) is 23.8 Å². The van der Waals surface area contributed by atoms with E-state index in [1.54, 1.807) is 0 Å². The summed E-state index contributed by atoms with van der Waals surface area (Å²) < 4.78 is 11.1. The number of carbonyl (C=O) groups excluding carboxylic acids is 2. The zero-order chi connectivity index (χ0) is 17.7.